The van der Waals surface area contributed by atoms with Gasteiger partial charge in [0.05, 0.1) is 6.54 Å². The Morgan fingerprint density at radius 1 is 1.44 bits per heavy atom. The van der Waals surface area contributed by atoms with Gasteiger partial charge >= 0.3 is 5.97 Å². The zero-order valence-electron chi connectivity index (χ0n) is 9.47. The second kappa shape index (κ2) is 5.94. The molecule has 1 rings (SSSR count). The Bertz CT molecular complexity index is 403. The van der Waals surface area contributed by atoms with E-state index in [2.05, 4.69) is 11.8 Å². The maximum atomic E-state index is 10.7. The van der Waals surface area contributed by atoms with E-state index < -0.39 is 12.0 Å². The number of aliphatic carboxylic acids is 1. The molecule has 0 aromatic heterocycles. The summed E-state index contributed by atoms with van der Waals surface area (Å²) in [7, 11) is 1.75. The Morgan fingerprint density at radius 3 is 2.62 bits per heavy atom. The first kappa shape index (κ1) is 12.3. The summed E-state index contributed by atoms with van der Waals surface area (Å²) in [6, 6.07) is 9.12. The van der Waals surface area contributed by atoms with Gasteiger partial charge in [0, 0.05) is 5.56 Å². The number of nitrogens with zero attached hydrogens (tertiary/aromatic N) is 1. The van der Waals surface area contributed by atoms with Gasteiger partial charge < -0.3 is 5.11 Å². The van der Waals surface area contributed by atoms with Gasteiger partial charge in [-0.3, -0.25) is 9.69 Å². The van der Waals surface area contributed by atoms with E-state index in [-0.39, 0.29) is 0 Å². The van der Waals surface area contributed by atoms with E-state index in [4.69, 9.17) is 5.11 Å². The van der Waals surface area contributed by atoms with Crippen LogP contribution in [0.3, 0.4) is 0 Å². The second-order valence-electron chi connectivity index (χ2n) is 3.60. The molecule has 0 aliphatic carbocycles. The number of hydrogen-bond acceptors (Lipinski definition) is 2. The maximum Gasteiger partial charge on any atom is 0.320 e. The number of hydrogen-bond donors (Lipinski definition) is 1. The zero-order chi connectivity index (χ0) is 12.0. The van der Waals surface area contributed by atoms with Crippen LogP contribution >= 0.6 is 0 Å². The fourth-order valence-electron chi connectivity index (χ4n) is 1.11. The molecule has 0 aliphatic rings. The molecule has 0 saturated heterocycles. The van der Waals surface area contributed by atoms with Gasteiger partial charge in [0.2, 0.25) is 0 Å². The molecule has 1 N–H and O–H groups in total. The lowest BCUT2D eigenvalue weighted by atomic mass is 10.2. The molecule has 0 radical (unpaired) electrons. The molecule has 1 unspecified atom stereocenters. The Morgan fingerprint density at radius 2 is 2.06 bits per heavy atom. The van der Waals surface area contributed by atoms with E-state index in [0.29, 0.717) is 6.54 Å². The van der Waals surface area contributed by atoms with E-state index in [1.165, 1.54) is 0 Å². The van der Waals surface area contributed by atoms with Crippen LogP contribution in [-0.2, 0) is 4.79 Å². The van der Waals surface area contributed by atoms with Crippen molar-refractivity contribution in [2.75, 3.05) is 13.6 Å². The van der Waals surface area contributed by atoms with Crippen molar-refractivity contribution in [3.8, 4) is 11.8 Å². The largest absolute Gasteiger partial charge is 0.480 e. The molecule has 1 atom stereocenters. The lowest BCUT2D eigenvalue weighted by molar-refractivity contribution is -0.141. The van der Waals surface area contributed by atoms with Gasteiger partial charge in [0.15, 0.2) is 0 Å². The van der Waals surface area contributed by atoms with Gasteiger partial charge in [-0.2, -0.15) is 0 Å². The highest BCUT2D eigenvalue weighted by Crippen LogP contribution is 1.96. The van der Waals surface area contributed by atoms with Crippen LogP contribution in [0.5, 0.6) is 0 Å². The molecule has 0 fully saturated rings. The third kappa shape index (κ3) is 3.76. The summed E-state index contributed by atoms with van der Waals surface area (Å²) in [4.78, 5) is 12.4. The van der Waals surface area contributed by atoms with E-state index >= 15 is 0 Å². The van der Waals surface area contributed by atoms with Crippen LogP contribution in [-0.4, -0.2) is 35.6 Å². The van der Waals surface area contributed by atoms with Gasteiger partial charge in [0.25, 0.3) is 0 Å². The highest BCUT2D eigenvalue weighted by Gasteiger charge is 2.14. The second-order valence-corrected chi connectivity index (χ2v) is 3.60. The molecule has 1 aromatic rings. The summed E-state index contributed by atoms with van der Waals surface area (Å²) < 4.78 is 0. The predicted molar refractivity (Wildman–Crippen MR) is 63.0 cm³/mol. The van der Waals surface area contributed by atoms with Crippen LogP contribution in [0.25, 0.3) is 0 Å². The zero-order valence-corrected chi connectivity index (χ0v) is 9.47. The van der Waals surface area contributed by atoms with Crippen LogP contribution in [0.2, 0.25) is 0 Å². The van der Waals surface area contributed by atoms with Gasteiger partial charge in [-0.1, -0.05) is 30.0 Å². The van der Waals surface area contributed by atoms with Crippen molar-refractivity contribution >= 4 is 5.97 Å². The number of carboxylic acids is 1. The Labute approximate surface area is 95.7 Å². The molecular weight excluding hydrogens is 202 g/mol. The normalized spacial score (nSPS) is 11.7. The Kier molecular flexibility index (Phi) is 4.56. The number of carbonyl (C=O) groups is 1. The molecule has 0 bridgehead atoms. The van der Waals surface area contributed by atoms with Crippen LogP contribution in [0.15, 0.2) is 30.3 Å². The van der Waals surface area contributed by atoms with Crippen molar-refractivity contribution in [1.29, 1.82) is 0 Å². The third-order valence-corrected chi connectivity index (χ3v) is 2.35. The molecule has 0 amide bonds. The topological polar surface area (TPSA) is 40.5 Å². The molecule has 84 valence electrons. The Hall–Kier alpha value is -1.79. The molecule has 3 heteroatoms. The van der Waals surface area contributed by atoms with Gasteiger partial charge in [-0.05, 0) is 26.1 Å². The molecule has 0 heterocycles. The summed E-state index contributed by atoms with van der Waals surface area (Å²) in [5.41, 5.74) is 0.943. The number of likely N-dealkylation sites (N-methyl/N-ethyl adjacent to an activating group) is 1. The lowest BCUT2D eigenvalue weighted by Crippen LogP contribution is -2.35. The first-order valence-corrected chi connectivity index (χ1v) is 5.08. The van der Waals surface area contributed by atoms with E-state index in [9.17, 15) is 4.79 Å². The fraction of sp³-hybridized carbons (Fsp3) is 0.308. The predicted octanol–water partition coefficient (Wildman–Crippen LogP) is 1.44. The summed E-state index contributed by atoms with van der Waals surface area (Å²) in [6.07, 6.45) is 0. The molecular formula is C13H15NO2. The molecule has 1 aromatic carbocycles. The minimum Gasteiger partial charge on any atom is -0.480 e. The van der Waals surface area contributed by atoms with Gasteiger partial charge in [-0.15, -0.1) is 0 Å². The first-order valence-electron chi connectivity index (χ1n) is 5.08. The highest BCUT2D eigenvalue weighted by molar-refractivity contribution is 5.72. The average molecular weight is 217 g/mol. The minimum absolute atomic E-state index is 0.447. The first-order chi connectivity index (χ1) is 7.61. The van der Waals surface area contributed by atoms with E-state index in [0.717, 1.165) is 5.56 Å². The fourth-order valence-corrected chi connectivity index (χ4v) is 1.11. The quantitative estimate of drug-likeness (QED) is 0.779. The summed E-state index contributed by atoms with van der Waals surface area (Å²) in [5, 5.41) is 8.78. The number of carboxylic acid groups (broad SMARTS) is 1. The third-order valence-electron chi connectivity index (χ3n) is 2.35. The van der Waals surface area contributed by atoms with Crippen LogP contribution in [0.4, 0.5) is 0 Å². The number of rotatable bonds is 3. The standard InChI is InChI=1S/C13H15NO2/c1-11(13(15)16)14(2)10-6-9-12-7-4-3-5-8-12/h3-5,7-8,11H,10H2,1-2H3,(H,15,16). The monoisotopic (exact) mass is 217 g/mol. The molecule has 0 saturated carbocycles. The molecule has 0 spiro atoms. The smallest absolute Gasteiger partial charge is 0.320 e. The van der Waals surface area contributed by atoms with Crippen molar-refractivity contribution in [2.45, 2.75) is 13.0 Å². The minimum atomic E-state index is -0.830. The van der Waals surface area contributed by atoms with Gasteiger partial charge in [-0.25, -0.2) is 0 Å². The molecule has 3 nitrogen and oxygen atoms in total. The van der Waals surface area contributed by atoms with E-state index in [1.807, 2.05) is 30.3 Å². The average Bonchev–Trinajstić information content (AvgIpc) is 2.29. The van der Waals surface area contributed by atoms with Crippen molar-refractivity contribution in [3.63, 3.8) is 0 Å². The van der Waals surface area contributed by atoms with Crippen molar-refractivity contribution in [2.24, 2.45) is 0 Å². The SMILES string of the molecule is CC(C(=O)O)N(C)CC#Cc1ccccc1. The van der Waals surface area contributed by atoms with Crippen molar-refractivity contribution in [1.82, 2.24) is 4.90 Å². The van der Waals surface area contributed by atoms with Crippen LogP contribution in [0.1, 0.15) is 12.5 Å². The van der Waals surface area contributed by atoms with Crippen molar-refractivity contribution < 1.29 is 9.90 Å². The van der Waals surface area contributed by atoms with Crippen LogP contribution in [0, 0.1) is 11.8 Å². The molecule has 0 aliphatic heterocycles. The lowest BCUT2D eigenvalue weighted by Gasteiger charge is -2.17. The van der Waals surface area contributed by atoms with Crippen LogP contribution < -0.4 is 0 Å². The Balaban J connectivity index is 2.52. The maximum absolute atomic E-state index is 10.7. The number of benzene rings is 1. The highest BCUT2D eigenvalue weighted by atomic mass is 16.4. The van der Waals surface area contributed by atoms with Gasteiger partial charge in [0.1, 0.15) is 6.04 Å². The summed E-state index contributed by atoms with van der Waals surface area (Å²) in [5.74, 6) is 5.10. The van der Waals surface area contributed by atoms with E-state index in [1.54, 1.807) is 18.9 Å². The molecule has 16 heavy (non-hydrogen) atoms. The summed E-state index contributed by atoms with van der Waals surface area (Å²) in [6.45, 7) is 2.09. The summed E-state index contributed by atoms with van der Waals surface area (Å²) >= 11 is 0. The van der Waals surface area contributed by atoms with Crippen molar-refractivity contribution in [3.05, 3.63) is 35.9 Å².